The molecule has 2 heterocycles. The van der Waals surface area contributed by atoms with E-state index in [1.807, 2.05) is 16.8 Å². The van der Waals surface area contributed by atoms with Gasteiger partial charge < -0.3 is 9.67 Å². The number of carboxylic acid groups (broad SMARTS) is 1. The zero-order valence-electron chi connectivity index (χ0n) is 10.9. The van der Waals surface area contributed by atoms with Crippen molar-refractivity contribution in [2.24, 2.45) is 5.41 Å². The summed E-state index contributed by atoms with van der Waals surface area (Å²) in [6.07, 6.45) is 6.31. The van der Waals surface area contributed by atoms with E-state index in [-0.39, 0.29) is 11.3 Å². The van der Waals surface area contributed by atoms with Gasteiger partial charge in [0.25, 0.3) is 0 Å². The lowest BCUT2D eigenvalue weighted by Gasteiger charge is -2.44. The first-order valence-electron chi connectivity index (χ1n) is 6.60. The Labute approximate surface area is 121 Å². The second-order valence-corrected chi connectivity index (χ2v) is 5.60. The molecular formula is C14H15ClN3O2. The molecule has 105 valence electrons. The average Bonchev–Trinajstić information content (AvgIpc) is 2.75. The summed E-state index contributed by atoms with van der Waals surface area (Å²) >= 11 is 5.85. The molecule has 6 heteroatoms. The first-order valence-corrected chi connectivity index (χ1v) is 6.98. The summed E-state index contributed by atoms with van der Waals surface area (Å²) in [6.45, 7) is 3.94. The molecule has 5 nitrogen and oxygen atoms in total. The predicted octanol–water partition coefficient (Wildman–Crippen LogP) is 3.10. The van der Waals surface area contributed by atoms with E-state index < -0.39 is 11.4 Å². The zero-order chi connectivity index (χ0) is 14.3. The highest BCUT2D eigenvalue weighted by molar-refractivity contribution is 6.28. The first kappa shape index (κ1) is 13.4. The quantitative estimate of drug-likeness (QED) is 0.879. The molecular weight excluding hydrogens is 278 g/mol. The maximum absolute atomic E-state index is 11.7. The van der Waals surface area contributed by atoms with Gasteiger partial charge in [-0.3, -0.25) is 4.79 Å². The van der Waals surface area contributed by atoms with Gasteiger partial charge in [-0.1, -0.05) is 13.3 Å². The van der Waals surface area contributed by atoms with Crippen molar-refractivity contribution in [1.29, 1.82) is 0 Å². The van der Waals surface area contributed by atoms with Crippen molar-refractivity contribution in [3.8, 4) is 0 Å². The van der Waals surface area contributed by atoms with Gasteiger partial charge in [0, 0.05) is 17.8 Å². The number of aromatic nitrogens is 3. The average molecular weight is 293 g/mol. The third-order valence-corrected chi connectivity index (χ3v) is 4.53. The number of halogens is 1. The van der Waals surface area contributed by atoms with Crippen LogP contribution < -0.4 is 0 Å². The fourth-order valence-corrected chi connectivity index (χ4v) is 3.23. The second kappa shape index (κ2) is 4.74. The Kier molecular flexibility index (Phi) is 3.17. The Morgan fingerprint density at radius 3 is 2.90 bits per heavy atom. The van der Waals surface area contributed by atoms with E-state index in [1.165, 1.54) is 0 Å². The molecule has 3 rings (SSSR count). The molecule has 2 aromatic heterocycles. The number of carbonyl (C=O) groups is 1. The van der Waals surface area contributed by atoms with Gasteiger partial charge >= 0.3 is 5.97 Å². The van der Waals surface area contributed by atoms with Crippen molar-refractivity contribution < 1.29 is 9.90 Å². The lowest BCUT2D eigenvalue weighted by Crippen LogP contribution is -2.45. The summed E-state index contributed by atoms with van der Waals surface area (Å²) in [5, 5.41) is 10.6. The third kappa shape index (κ3) is 1.80. The van der Waals surface area contributed by atoms with Gasteiger partial charge in [-0.15, -0.1) is 0 Å². The standard InChI is InChI=1S/C14H15ClN3O2/c1-2-10(14(12(19)20)5-3-6-14)18-7-4-9-8-16-13(15)17-11(9)18/h4,7-8,10H,1-3,5-6H2,(H,19,20). The fraction of sp³-hybridized carbons (Fsp3) is 0.429. The van der Waals surface area contributed by atoms with Crippen LogP contribution in [-0.4, -0.2) is 25.6 Å². The molecule has 20 heavy (non-hydrogen) atoms. The Morgan fingerprint density at radius 1 is 1.60 bits per heavy atom. The molecule has 0 aliphatic heterocycles. The SMILES string of the molecule is [CH2]CC(n1ccc2cnc(Cl)nc21)C1(C(=O)O)CCC1. The minimum Gasteiger partial charge on any atom is -0.481 e. The number of rotatable bonds is 4. The van der Waals surface area contributed by atoms with Gasteiger partial charge in [0.1, 0.15) is 5.65 Å². The van der Waals surface area contributed by atoms with Crippen LogP contribution in [0.4, 0.5) is 0 Å². The zero-order valence-corrected chi connectivity index (χ0v) is 11.7. The van der Waals surface area contributed by atoms with Crippen molar-refractivity contribution in [2.45, 2.75) is 31.7 Å². The summed E-state index contributed by atoms with van der Waals surface area (Å²) in [6, 6.07) is 1.67. The van der Waals surface area contributed by atoms with Crippen LogP contribution in [0.15, 0.2) is 18.5 Å². The van der Waals surface area contributed by atoms with Crippen LogP contribution >= 0.6 is 11.6 Å². The van der Waals surface area contributed by atoms with E-state index in [1.54, 1.807) is 6.20 Å². The summed E-state index contributed by atoms with van der Waals surface area (Å²) in [4.78, 5) is 19.9. The molecule has 1 N–H and O–H groups in total. The molecule has 1 aliphatic rings. The number of aliphatic carboxylic acids is 1. The second-order valence-electron chi connectivity index (χ2n) is 5.26. The molecule has 0 bridgehead atoms. The van der Waals surface area contributed by atoms with Crippen LogP contribution in [0.5, 0.6) is 0 Å². The van der Waals surface area contributed by atoms with Crippen molar-refractivity contribution in [3.05, 3.63) is 30.7 Å². The maximum atomic E-state index is 11.7. The Balaban J connectivity index is 2.12. The van der Waals surface area contributed by atoms with Gasteiger partial charge in [0.2, 0.25) is 5.28 Å². The number of carboxylic acids is 1. The third-order valence-electron chi connectivity index (χ3n) is 4.34. The van der Waals surface area contributed by atoms with E-state index in [0.29, 0.717) is 24.9 Å². The normalized spacial score (nSPS) is 18.7. The Bertz CT molecular complexity index is 663. The van der Waals surface area contributed by atoms with Gasteiger partial charge in [-0.2, -0.15) is 4.98 Å². The highest BCUT2D eigenvalue weighted by Gasteiger charge is 2.51. The molecule has 1 radical (unpaired) electrons. The van der Waals surface area contributed by atoms with Crippen molar-refractivity contribution in [3.63, 3.8) is 0 Å². The summed E-state index contributed by atoms with van der Waals surface area (Å²) in [5.74, 6) is -0.751. The molecule has 1 saturated carbocycles. The lowest BCUT2D eigenvalue weighted by molar-refractivity contribution is -0.158. The van der Waals surface area contributed by atoms with E-state index in [9.17, 15) is 9.90 Å². The molecule has 0 spiro atoms. The smallest absolute Gasteiger partial charge is 0.311 e. The van der Waals surface area contributed by atoms with Gasteiger partial charge in [0.05, 0.1) is 11.5 Å². The molecule has 0 amide bonds. The van der Waals surface area contributed by atoms with Gasteiger partial charge in [-0.25, -0.2) is 4.98 Å². The van der Waals surface area contributed by atoms with E-state index in [2.05, 4.69) is 16.9 Å². The number of nitrogens with zero attached hydrogens (tertiary/aromatic N) is 3. The molecule has 0 aromatic carbocycles. The van der Waals surface area contributed by atoms with Gasteiger partial charge in [0.15, 0.2) is 0 Å². The summed E-state index contributed by atoms with van der Waals surface area (Å²) in [5.41, 5.74) is -0.0586. The number of hydrogen-bond donors (Lipinski definition) is 1. The summed E-state index contributed by atoms with van der Waals surface area (Å²) < 4.78 is 1.89. The molecule has 2 aromatic rings. The van der Waals surface area contributed by atoms with E-state index in [4.69, 9.17) is 11.6 Å². The van der Waals surface area contributed by atoms with Crippen LogP contribution in [0.2, 0.25) is 5.28 Å². The number of hydrogen-bond acceptors (Lipinski definition) is 3. The lowest BCUT2D eigenvalue weighted by atomic mass is 9.63. The van der Waals surface area contributed by atoms with Crippen molar-refractivity contribution >= 4 is 28.6 Å². The molecule has 1 fully saturated rings. The van der Waals surface area contributed by atoms with Crippen molar-refractivity contribution in [2.75, 3.05) is 0 Å². The molecule has 1 unspecified atom stereocenters. The largest absolute Gasteiger partial charge is 0.481 e. The monoisotopic (exact) mass is 292 g/mol. The Hall–Kier alpha value is -1.62. The van der Waals surface area contributed by atoms with E-state index in [0.717, 1.165) is 11.8 Å². The minimum absolute atomic E-state index is 0.165. The van der Waals surface area contributed by atoms with Crippen molar-refractivity contribution in [1.82, 2.24) is 14.5 Å². The highest BCUT2D eigenvalue weighted by Crippen LogP contribution is 2.51. The van der Waals surface area contributed by atoms with E-state index >= 15 is 0 Å². The molecule has 1 atom stereocenters. The van der Waals surface area contributed by atoms with Crippen LogP contribution in [-0.2, 0) is 4.79 Å². The van der Waals surface area contributed by atoms with Crippen LogP contribution in [0.25, 0.3) is 11.0 Å². The Morgan fingerprint density at radius 2 is 2.35 bits per heavy atom. The maximum Gasteiger partial charge on any atom is 0.311 e. The first-order chi connectivity index (χ1) is 9.58. The summed E-state index contributed by atoms with van der Waals surface area (Å²) in [7, 11) is 0. The number of fused-ring (bicyclic) bond motifs is 1. The minimum atomic E-state index is -0.751. The van der Waals surface area contributed by atoms with Gasteiger partial charge in [-0.05, 0) is 36.9 Å². The van der Waals surface area contributed by atoms with Crippen LogP contribution in [0.1, 0.15) is 31.7 Å². The molecule has 1 aliphatic carbocycles. The van der Waals surface area contributed by atoms with Crippen LogP contribution in [0.3, 0.4) is 0 Å². The fourth-order valence-electron chi connectivity index (χ4n) is 3.10. The topological polar surface area (TPSA) is 68.0 Å². The molecule has 0 saturated heterocycles. The highest BCUT2D eigenvalue weighted by atomic mass is 35.5. The van der Waals surface area contributed by atoms with Crippen LogP contribution in [0, 0.1) is 12.3 Å². The predicted molar refractivity (Wildman–Crippen MR) is 75.5 cm³/mol.